The third kappa shape index (κ3) is 5.27. The number of carbonyl (C=O) groups excluding carboxylic acids is 1. The second kappa shape index (κ2) is 10.8. The number of benzene rings is 1. The van der Waals surface area contributed by atoms with Gasteiger partial charge in [-0.15, -0.1) is 0 Å². The molecule has 3 aromatic rings. The van der Waals surface area contributed by atoms with Crippen LogP contribution in [-0.2, 0) is 0 Å². The molecule has 1 aromatic carbocycles. The van der Waals surface area contributed by atoms with E-state index in [0.29, 0.717) is 29.1 Å². The van der Waals surface area contributed by atoms with Crippen LogP contribution in [0.1, 0.15) is 56.3 Å². The Bertz CT molecular complexity index is 1110. The van der Waals surface area contributed by atoms with Crippen molar-refractivity contribution in [2.24, 2.45) is 0 Å². The summed E-state index contributed by atoms with van der Waals surface area (Å²) < 4.78 is 1.83. The summed E-state index contributed by atoms with van der Waals surface area (Å²) in [4.78, 5) is 24.7. The molecule has 2 N–H and O–H groups in total. The normalized spacial score (nSPS) is 15.8. The fourth-order valence-electron chi connectivity index (χ4n) is 5.00. The summed E-state index contributed by atoms with van der Waals surface area (Å²) in [5.41, 5.74) is 1.33. The van der Waals surface area contributed by atoms with Crippen molar-refractivity contribution in [3.8, 4) is 5.95 Å². The molecule has 1 aliphatic rings. The Morgan fingerprint density at radius 2 is 1.91 bits per heavy atom. The molecule has 0 atom stereocenters. The van der Waals surface area contributed by atoms with E-state index in [1.54, 1.807) is 24.7 Å². The zero-order valence-electron chi connectivity index (χ0n) is 20.4. The van der Waals surface area contributed by atoms with E-state index in [1.165, 1.54) is 19.3 Å². The van der Waals surface area contributed by atoms with Crippen molar-refractivity contribution in [2.45, 2.75) is 57.5 Å². The standard InChI is InChI=1S/C26H35ClN6O/c1-19(2)28-15-16-32(3)26(11-5-4-6-12-26)18-31-24(34)20-17-33(25-29-13-8-14-30-25)22-10-7-9-21(27)23(20)22/h7-10,13-14,17,19,28H,4-6,11-12,15-16,18H2,1-3H3,(H,31,34). The van der Waals surface area contributed by atoms with Crippen molar-refractivity contribution in [2.75, 3.05) is 26.7 Å². The van der Waals surface area contributed by atoms with Crippen LogP contribution in [0, 0.1) is 0 Å². The maximum absolute atomic E-state index is 13.5. The molecule has 0 unspecified atom stereocenters. The first-order valence-electron chi connectivity index (χ1n) is 12.2. The molecule has 1 saturated carbocycles. The highest BCUT2D eigenvalue weighted by molar-refractivity contribution is 6.37. The fourth-order valence-corrected chi connectivity index (χ4v) is 5.27. The van der Waals surface area contributed by atoms with Crippen LogP contribution < -0.4 is 10.6 Å². The summed E-state index contributed by atoms with van der Waals surface area (Å²) >= 11 is 6.57. The van der Waals surface area contributed by atoms with Gasteiger partial charge in [0.15, 0.2) is 0 Å². The van der Waals surface area contributed by atoms with Crippen molar-refractivity contribution >= 4 is 28.4 Å². The molecule has 4 rings (SSSR count). The maximum atomic E-state index is 13.5. The number of nitrogens with zero attached hydrogens (tertiary/aromatic N) is 4. The molecule has 2 heterocycles. The van der Waals surface area contributed by atoms with Gasteiger partial charge in [0, 0.05) is 55.2 Å². The van der Waals surface area contributed by atoms with Crippen LogP contribution >= 0.6 is 11.6 Å². The summed E-state index contributed by atoms with van der Waals surface area (Å²) in [6, 6.07) is 7.86. The van der Waals surface area contributed by atoms with Crippen LogP contribution in [0.3, 0.4) is 0 Å². The van der Waals surface area contributed by atoms with E-state index < -0.39 is 0 Å². The van der Waals surface area contributed by atoms with Crippen molar-refractivity contribution in [3.63, 3.8) is 0 Å². The van der Waals surface area contributed by atoms with E-state index in [0.717, 1.165) is 36.8 Å². The Balaban J connectivity index is 1.57. The Labute approximate surface area is 206 Å². The number of halogens is 1. The van der Waals surface area contributed by atoms with Gasteiger partial charge in [0.25, 0.3) is 5.91 Å². The molecule has 7 nitrogen and oxygen atoms in total. The third-order valence-corrected chi connectivity index (χ3v) is 7.28. The first-order chi connectivity index (χ1) is 16.4. The summed E-state index contributed by atoms with van der Waals surface area (Å²) in [5.74, 6) is 0.390. The molecule has 1 fully saturated rings. The number of hydrogen-bond acceptors (Lipinski definition) is 5. The molecular formula is C26H35ClN6O. The van der Waals surface area contributed by atoms with Crippen molar-refractivity contribution in [1.29, 1.82) is 0 Å². The molecule has 1 amide bonds. The minimum atomic E-state index is -0.119. The molecule has 0 radical (unpaired) electrons. The van der Waals surface area contributed by atoms with E-state index in [2.05, 4.69) is 46.4 Å². The number of nitrogens with one attached hydrogen (secondary N) is 2. The Morgan fingerprint density at radius 1 is 1.18 bits per heavy atom. The highest BCUT2D eigenvalue weighted by atomic mass is 35.5. The Morgan fingerprint density at radius 3 is 2.62 bits per heavy atom. The topological polar surface area (TPSA) is 75.1 Å². The van der Waals surface area contributed by atoms with E-state index in [4.69, 9.17) is 11.6 Å². The Hall–Kier alpha value is -2.48. The minimum Gasteiger partial charge on any atom is -0.350 e. The lowest BCUT2D eigenvalue weighted by molar-refractivity contribution is 0.0670. The summed E-state index contributed by atoms with van der Waals surface area (Å²) in [6.45, 7) is 6.83. The number of hydrogen-bond donors (Lipinski definition) is 2. The van der Waals surface area contributed by atoms with Crippen LogP contribution in [0.2, 0.25) is 5.02 Å². The molecule has 1 aliphatic carbocycles. The average molecular weight is 483 g/mol. The average Bonchev–Trinajstić information content (AvgIpc) is 3.24. The van der Waals surface area contributed by atoms with Crippen molar-refractivity contribution in [1.82, 2.24) is 30.1 Å². The van der Waals surface area contributed by atoms with Crippen LogP contribution in [0.15, 0.2) is 42.9 Å². The molecular weight excluding hydrogens is 448 g/mol. The summed E-state index contributed by atoms with van der Waals surface area (Å²) in [7, 11) is 2.19. The Kier molecular flexibility index (Phi) is 7.86. The summed E-state index contributed by atoms with van der Waals surface area (Å²) in [5, 5.41) is 8.04. The number of carbonyl (C=O) groups is 1. The van der Waals surface area contributed by atoms with Crippen LogP contribution in [-0.4, -0.2) is 63.6 Å². The molecule has 0 aliphatic heterocycles. The quantitative estimate of drug-likeness (QED) is 0.471. The van der Waals surface area contributed by atoms with Gasteiger partial charge < -0.3 is 10.6 Å². The maximum Gasteiger partial charge on any atom is 0.253 e. The van der Waals surface area contributed by atoms with Gasteiger partial charge in [-0.2, -0.15) is 0 Å². The van der Waals surface area contributed by atoms with E-state index in [1.807, 2.05) is 22.8 Å². The highest BCUT2D eigenvalue weighted by Gasteiger charge is 2.36. The number of amides is 1. The largest absolute Gasteiger partial charge is 0.350 e. The predicted molar refractivity (Wildman–Crippen MR) is 138 cm³/mol. The first-order valence-corrected chi connectivity index (χ1v) is 12.6. The SMILES string of the molecule is CC(C)NCCN(C)C1(CNC(=O)c2cn(-c3ncccn3)c3cccc(Cl)c23)CCCCC1. The first kappa shape index (κ1) is 24.6. The number of likely N-dealkylation sites (N-methyl/N-ethyl adjacent to an activating group) is 1. The van der Waals surface area contributed by atoms with Gasteiger partial charge in [0.05, 0.1) is 16.1 Å². The molecule has 34 heavy (non-hydrogen) atoms. The second-order valence-corrected chi connectivity index (χ2v) is 10.0. The zero-order chi connectivity index (χ0) is 24.1. The molecule has 0 saturated heterocycles. The fraction of sp³-hybridized carbons (Fsp3) is 0.500. The van der Waals surface area contributed by atoms with E-state index in [9.17, 15) is 4.79 Å². The number of aromatic nitrogens is 3. The third-order valence-electron chi connectivity index (χ3n) is 6.96. The zero-order valence-corrected chi connectivity index (χ0v) is 21.1. The van der Waals surface area contributed by atoms with Gasteiger partial charge in [-0.3, -0.25) is 14.3 Å². The van der Waals surface area contributed by atoms with Gasteiger partial charge in [0.2, 0.25) is 5.95 Å². The van der Waals surface area contributed by atoms with Crippen LogP contribution in [0.4, 0.5) is 0 Å². The van der Waals surface area contributed by atoms with Gasteiger partial charge in [-0.1, -0.05) is 50.8 Å². The van der Waals surface area contributed by atoms with Crippen molar-refractivity contribution in [3.05, 3.63) is 53.4 Å². The lowest BCUT2D eigenvalue weighted by Crippen LogP contribution is -2.56. The van der Waals surface area contributed by atoms with E-state index in [-0.39, 0.29) is 11.4 Å². The second-order valence-electron chi connectivity index (χ2n) is 9.59. The van der Waals surface area contributed by atoms with Crippen LogP contribution in [0.25, 0.3) is 16.9 Å². The van der Waals surface area contributed by atoms with Crippen LogP contribution in [0.5, 0.6) is 0 Å². The van der Waals surface area contributed by atoms with Crippen molar-refractivity contribution < 1.29 is 4.79 Å². The number of fused-ring (bicyclic) bond motifs is 1. The summed E-state index contributed by atoms with van der Waals surface area (Å²) in [6.07, 6.45) is 11.0. The molecule has 2 aromatic heterocycles. The van der Waals surface area contributed by atoms with E-state index >= 15 is 0 Å². The smallest absolute Gasteiger partial charge is 0.253 e. The minimum absolute atomic E-state index is 0.0305. The predicted octanol–water partition coefficient (Wildman–Crippen LogP) is 4.44. The lowest BCUT2D eigenvalue weighted by Gasteiger charge is -2.45. The number of rotatable bonds is 9. The van der Waals surface area contributed by atoms with Gasteiger partial charge in [-0.25, -0.2) is 9.97 Å². The molecule has 0 spiro atoms. The monoisotopic (exact) mass is 482 g/mol. The highest BCUT2D eigenvalue weighted by Crippen LogP contribution is 2.33. The van der Waals surface area contributed by atoms with Gasteiger partial charge in [-0.05, 0) is 38.1 Å². The molecule has 0 bridgehead atoms. The molecule has 182 valence electrons. The van der Waals surface area contributed by atoms with Gasteiger partial charge >= 0.3 is 0 Å². The lowest BCUT2D eigenvalue weighted by atomic mass is 9.80. The molecule has 8 heteroatoms. The van der Waals surface area contributed by atoms with Gasteiger partial charge in [0.1, 0.15) is 0 Å².